The van der Waals surface area contributed by atoms with E-state index in [-0.39, 0.29) is 50.7 Å². The van der Waals surface area contributed by atoms with Gasteiger partial charge in [0.25, 0.3) is 5.91 Å². The number of hydrogen-bond acceptors (Lipinski definition) is 8. The van der Waals surface area contributed by atoms with Crippen molar-refractivity contribution >= 4 is 41.6 Å². The van der Waals surface area contributed by atoms with Crippen LogP contribution in [0.1, 0.15) is 57.1 Å². The first kappa shape index (κ1) is 41.0. The van der Waals surface area contributed by atoms with Gasteiger partial charge in [0.1, 0.15) is 23.9 Å². The Balaban J connectivity index is 2.21. The predicted octanol–water partition coefficient (Wildman–Crippen LogP) is 0.345. The van der Waals surface area contributed by atoms with Crippen LogP contribution in [0.5, 0.6) is 0 Å². The van der Waals surface area contributed by atoms with Gasteiger partial charge in [-0.15, -0.1) is 0 Å². The summed E-state index contributed by atoms with van der Waals surface area (Å²) in [5.41, 5.74) is 23.7. The van der Waals surface area contributed by atoms with Gasteiger partial charge in [0, 0.05) is 19.0 Å². The molecule has 0 aliphatic heterocycles. The number of carbonyl (C=O) groups excluding carboxylic acids is 5. The summed E-state index contributed by atoms with van der Waals surface area (Å²) in [6, 6.07) is 9.93. The molecule has 2 aromatic carbocycles. The molecule has 0 heterocycles. The highest BCUT2D eigenvalue weighted by molar-refractivity contribution is 6.05. The van der Waals surface area contributed by atoms with E-state index in [1.165, 1.54) is 36.4 Å². The van der Waals surface area contributed by atoms with Crippen LogP contribution < -0.4 is 44.2 Å². The van der Waals surface area contributed by atoms with Gasteiger partial charge in [0.2, 0.25) is 23.6 Å². The Hall–Kier alpha value is -5.15. The molecule has 0 unspecified atom stereocenters. The van der Waals surface area contributed by atoms with E-state index in [1.807, 2.05) is 19.9 Å². The van der Waals surface area contributed by atoms with Gasteiger partial charge in [-0.25, -0.2) is 4.39 Å². The second-order valence-electron chi connectivity index (χ2n) is 12.2. The van der Waals surface area contributed by atoms with E-state index in [0.717, 1.165) is 5.56 Å². The minimum atomic E-state index is -1.28. The molecule has 14 nitrogen and oxygen atoms in total. The standard InChI is InChI=1S/C35H50FN9O5/c1-22(2)20-28(43-31(47)26(38)10-7-19-41-35(39)40)33(49)42-27(11-6-18-37)32(48)44-29(21-24-12-15-25(36)16-13-24)34(50)45-30(46)17-14-23-8-4-3-5-9-23/h3-5,8-9,12-17,22,26-29H,6-7,10-11,18-21,37-38H2,1-2H3,(H,42,49)(H,43,47)(H,44,48)(H4,39,40,41)(H,45,46,50)/b17-14+/t26-,27+,28-,29-/m0/s1. The second-order valence-corrected chi connectivity index (χ2v) is 12.2. The molecule has 0 spiro atoms. The maximum atomic E-state index is 13.7. The van der Waals surface area contributed by atoms with Gasteiger partial charge in [-0.3, -0.25) is 34.3 Å². The summed E-state index contributed by atoms with van der Waals surface area (Å²) in [4.78, 5) is 69.9. The Kier molecular flexibility index (Phi) is 17.8. The largest absolute Gasteiger partial charge is 0.370 e. The van der Waals surface area contributed by atoms with Crippen LogP contribution in [0.25, 0.3) is 6.08 Å². The molecule has 2 aromatic rings. The molecule has 50 heavy (non-hydrogen) atoms. The average Bonchev–Trinajstić information content (AvgIpc) is 3.07. The van der Waals surface area contributed by atoms with E-state index >= 15 is 0 Å². The first-order chi connectivity index (χ1) is 23.8. The Morgan fingerprint density at radius 1 is 0.800 bits per heavy atom. The lowest BCUT2D eigenvalue weighted by Gasteiger charge is -2.26. The van der Waals surface area contributed by atoms with Gasteiger partial charge in [0.15, 0.2) is 5.96 Å². The number of hydrogen-bond donors (Lipinski definition) is 8. The number of imide groups is 1. The summed E-state index contributed by atoms with van der Waals surface area (Å²) in [6.07, 6.45) is 4.05. The van der Waals surface area contributed by atoms with E-state index in [1.54, 1.807) is 24.3 Å². The first-order valence-corrected chi connectivity index (χ1v) is 16.5. The lowest BCUT2D eigenvalue weighted by atomic mass is 10.0. The molecule has 4 atom stereocenters. The van der Waals surface area contributed by atoms with Crippen molar-refractivity contribution in [3.63, 3.8) is 0 Å². The minimum Gasteiger partial charge on any atom is -0.370 e. The monoisotopic (exact) mass is 695 g/mol. The van der Waals surface area contributed by atoms with Gasteiger partial charge in [-0.05, 0) is 73.9 Å². The van der Waals surface area contributed by atoms with Crippen LogP contribution in [0, 0.1) is 11.7 Å². The number of guanidine groups is 1. The smallest absolute Gasteiger partial charge is 0.250 e. The number of rotatable bonds is 20. The number of nitrogens with one attached hydrogen (secondary N) is 4. The molecule has 0 fully saturated rings. The number of benzene rings is 2. The van der Waals surface area contributed by atoms with Crippen molar-refractivity contribution in [2.24, 2.45) is 33.8 Å². The quantitative estimate of drug-likeness (QED) is 0.0411. The van der Waals surface area contributed by atoms with E-state index in [2.05, 4.69) is 26.3 Å². The molecule has 2 rings (SSSR count). The number of nitrogens with zero attached hydrogens (tertiary/aromatic N) is 1. The SMILES string of the molecule is CC(C)C[C@H](NC(=O)[C@@H](N)CCCN=C(N)N)C(=O)N[C@H](CCCN)C(=O)N[C@@H](Cc1ccc(F)cc1)C(=O)NC(=O)/C=C/c1ccccc1. The molecule has 272 valence electrons. The van der Waals surface area contributed by atoms with E-state index in [9.17, 15) is 28.4 Å². The van der Waals surface area contributed by atoms with Crippen LogP contribution in [-0.2, 0) is 30.4 Å². The van der Waals surface area contributed by atoms with Crippen molar-refractivity contribution in [1.29, 1.82) is 0 Å². The van der Waals surface area contributed by atoms with Gasteiger partial charge in [-0.1, -0.05) is 56.3 Å². The molecule has 0 aliphatic rings. The van der Waals surface area contributed by atoms with Crippen LogP contribution in [0.4, 0.5) is 4.39 Å². The Morgan fingerprint density at radius 3 is 2.04 bits per heavy atom. The lowest BCUT2D eigenvalue weighted by Crippen LogP contribution is -2.58. The number of nitrogens with two attached hydrogens (primary N) is 4. The maximum absolute atomic E-state index is 13.7. The molecule has 0 aromatic heterocycles. The summed E-state index contributed by atoms with van der Waals surface area (Å²) in [5.74, 6) is -4.00. The van der Waals surface area contributed by atoms with Crippen molar-refractivity contribution in [3.8, 4) is 0 Å². The van der Waals surface area contributed by atoms with Crippen LogP contribution in [0.15, 0.2) is 65.7 Å². The molecular formula is C35H50FN9O5. The van der Waals surface area contributed by atoms with Gasteiger partial charge < -0.3 is 38.9 Å². The summed E-state index contributed by atoms with van der Waals surface area (Å²) in [7, 11) is 0. The van der Waals surface area contributed by atoms with Crippen molar-refractivity contribution < 1.29 is 28.4 Å². The number of aliphatic imine (C=N–C) groups is 1. The van der Waals surface area contributed by atoms with Crippen LogP contribution >= 0.6 is 0 Å². The normalized spacial score (nSPS) is 13.5. The summed E-state index contributed by atoms with van der Waals surface area (Å²) < 4.78 is 13.6. The van der Waals surface area contributed by atoms with E-state index in [4.69, 9.17) is 22.9 Å². The van der Waals surface area contributed by atoms with Gasteiger partial charge in [-0.2, -0.15) is 0 Å². The fourth-order valence-corrected chi connectivity index (χ4v) is 4.82. The molecule has 12 N–H and O–H groups in total. The third-order valence-electron chi connectivity index (χ3n) is 7.43. The Labute approximate surface area is 292 Å². The minimum absolute atomic E-state index is 0.0160. The zero-order chi connectivity index (χ0) is 37.1. The molecular weight excluding hydrogens is 645 g/mol. The van der Waals surface area contributed by atoms with Crippen LogP contribution in [0.2, 0.25) is 0 Å². The maximum Gasteiger partial charge on any atom is 0.250 e. The van der Waals surface area contributed by atoms with Crippen LogP contribution in [-0.4, -0.2) is 72.8 Å². The summed E-state index contributed by atoms with van der Waals surface area (Å²) in [5, 5.41) is 10.3. The third-order valence-corrected chi connectivity index (χ3v) is 7.43. The highest BCUT2D eigenvalue weighted by Gasteiger charge is 2.31. The fraction of sp³-hybridized carbons (Fsp3) is 0.429. The highest BCUT2D eigenvalue weighted by Crippen LogP contribution is 2.10. The van der Waals surface area contributed by atoms with E-state index in [0.29, 0.717) is 18.4 Å². The molecule has 0 aliphatic carbocycles. The first-order valence-electron chi connectivity index (χ1n) is 16.5. The van der Waals surface area contributed by atoms with Crippen LogP contribution in [0.3, 0.4) is 0 Å². The lowest BCUT2D eigenvalue weighted by molar-refractivity contribution is -0.135. The predicted molar refractivity (Wildman–Crippen MR) is 190 cm³/mol. The Bertz CT molecular complexity index is 1460. The summed E-state index contributed by atoms with van der Waals surface area (Å²) >= 11 is 0. The second kappa shape index (κ2) is 21.7. The van der Waals surface area contributed by atoms with Crippen molar-refractivity contribution in [2.45, 2.75) is 76.5 Å². The zero-order valence-electron chi connectivity index (χ0n) is 28.6. The summed E-state index contributed by atoms with van der Waals surface area (Å²) in [6.45, 7) is 4.24. The van der Waals surface area contributed by atoms with Gasteiger partial charge >= 0.3 is 0 Å². The molecule has 0 saturated carbocycles. The number of carbonyl (C=O) groups is 5. The Morgan fingerprint density at radius 2 is 1.42 bits per heavy atom. The molecule has 0 radical (unpaired) electrons. The average molecular weight is 696 g/mol. The molecule has 5 amide bonds. The van der Waals surface area contributed by atoms with E-state index < -0.39 is 59.5 Å². The molecule has 0 bridgehead atoms. The highest BCUT2D eigenvalue weighted by atomic mass is 19.1. The molecule has 15 heteroatoms. The number of halogens is 1. The number of amides is 5. The topological polar surface area (TPSA) is 250 Å². The zero-order valence-corrected chi connectivity index (χ0v) is 28.6. The third kappa shape index (κ3) is 15.8. The fourth-order valence-electron chi connectivity index (χ4n) is 4.82. The van der Waals surface area contributed by atoms with Crippen molar-refractivity contribution in [1.82, 2.24) is 21.3 Å². The van der Waals surface area contributed by atoms with Gasteiger partial charge in [0.05, 0.1) is 6.04 Å². The molecule has 0 saturated heterocycles. The van der Waals surface area contributed by atoms with Crippen molar-refractivity contribution in [2.75, 3.05) is 13.1 Å². The van der Waals surface area contributed by atoms with Crippen molar-refractivity contribution in [3.05, 3.63) is 77.6 Å².